The third-order valence-electron chi connectivity index (χ3n) is 2.99. The van der Waals surface area contributed by atoms with Crippen molar-refractivity contribution in [2.24, 2.45) is 0 Å². The molecule has 0 aliphatic carbocycles. The number of halogens is 2. The Morgan fingerprint density at radius 3 is 2.63 bits per heavy atom. The number of anilines is 3. The molecule has 1 atom stereocenters. The molecule has 1 aromatic heterocycles. The van der Waals surface area contributed by atoms with Crippen LogP contribution in [0.1, 0.15) is 20.3 Å². The Morgan fingerprint density at radius 2 is 2.05 bits per heavy atom. The highest BCUT2D eigenvalue weighted by Crippen LogP contribution is 2.30. The van der Waals surface area contributed by atoms with Gasteiger partial charge < -0.3 is 21.5 Å². The summed E-state index contributed by atoms with van der Waals surface area (Å²) in [5.41, 5.74) is 5.24. The second-order valence-electron chi connectivity index (χ2n) is 4.73. The zero-order valence-electron chi connectivity index (χ0n) is 10.7. The van der Waals surface area contributed by atoms with Crippen molar-refractivity contribution < 1.29 is 5.11 Å². The van der Waals surface area contributed by atoms with Gasteiger partial charge in [-0.3, -0.25) is 9.78 Å². The van der Waals surface area contributed by atoms with Crippen LogP contribution in [0.25, 0.3) is 0 Å². The van der Waals surface area contributed by atoms with Crippen LogP contribution in [0.15, 0.2) is 4.79 Å². The van der Waals surface area contributed by atoms with Crippen LogP contribution in [0.3, 0.4) is 0 Å². The third kappa shape index (κ3) is 3.43. The monoisotopic (exact) mass is 311 g/mol. The number of nitrogens with one attached hydrogen (secondary N) is 3. The summed E-state index contributed by atoms with van der Waals surface area (Å²) in [7, 11) is 0. The topological polar surface area (TPSA) is 116 Å². The maximum absolute atomic E-state index is 11.7. The molecule has 0 aromatic carbocycles. The maximum Gasteiger partial charge on any atom is 0.277 e. The Hall–Kier alpha value is -1.18. The quantitative estimate of drug-likeness (QED) is 0.545. The normalized spacial score (nSPS) is 19.0. The number of hydrogen-bond acceptors (Lipinski definition) is 6. The van der Waals surface area contributed by atoms with E-state index >= 15 is 0 Å². The predicted octanol–water partition coefficient (Wildman–Crippen LogP) is 0.563. The fraction of sp³-hybridized carbons (Fsp3) is 0.600. The lowest BCUT2D eigenvalue weighted by atomic mass is 9.90. The molecule has 2 heterocycles. The van der Waals surface area contributed by atoms with Crippen molar-refractivity contribution in [1.29, 1.82) is 0 Å². The van der Waals surface area contributed by atoms with Crippen molar-refractivity contribution in [3.63, 3.8) is 0 Å². The van der Waals surface area contributed by atoms with Crippen molar-refractivity contribution in [3.8, 4) is 0 Å². The van der Waals surface area contributed by atoms with Crippen LogP contribution in [-0.4, -0.2) is 33.3 Å². The maximum atomic E-state index is 11.7. The lowest BCUT2D eigenvalue weighted by Gasteiger charge is -2.41. The SMILES string of the molecule is CC1(C)Nc2nc(N)[nH]c(=O)c2NC1CCO.Cl.Cl. The predicted molar refractivity (Wildman–Crippen MR) is 80.6 cm³/mol. The summed E-state index contributed by atoms with van der Waals surface area (Å²) in [4.78, 5) is 18.2. The molecule has 0 saturated heterocycles. The molecule has 0 saturated carbocycles. The smallest absolute Gasteiger partial charge is 0.277 e. The van der Waals surface area contributed by atoms with Gasteiger partial charge in [-0.2, -0.15) is 4.98 Å². The molecule has 2 rings (SSSR count). The molecule has 9 heteroatoms. The number of aliphatic hydroxyl groups is 1. The number of H-pyrrole nitrogens is 1. The Kier molecular flexibility index (Phi) is 5.92. The minimum absolute atomic E-state index is 0. The summed E-state index contributed by atoms with van der Waals surface area (Å²) in [5.74, 6) is 0.532. The van der Waals surface area contributed by atoms with Crippen LogP contribution in [0.4, 0.5) is 17.5 Å². The highest BCUT2D eigenvalue weighted by Gasteiger charge is 2.35. The molecular formula is C10H19Cl2N5O2. The van der Waals surface area contributed by atoms with E-state index in [2.05, 4.69) is 20.6 Å². The number of aromatic amines is 1. The molecule has 110 valence electrons. The molecule has 0 radical (unpaired) electrons. The third-order valence-corrected chi connectivity index (χ3v) is 2.99. The van der Waals surface area contributed by atoms with E-state index in [9.17, 15) is 4.79 Å². The summed E-state index contributed by atoms with van der Waals surface area (Å²) in [6.07, 6.45) is 0.545. The number of hydrogen-bond donors (Lipinski definition) is 5. The van der Waals surface area contributed by atoms with Gasteiger partial charge in [0.1, 0.15) is 5.69 Å². The van der Waals surface area contributed by atoms with Crippen molar-refractivity contribution >= 4 is 42.3 Å². The van der Waals surface area contributed by atoms with Gasteiger partial charge in [0, 0.05) is 6.61 Å². The fourth-order valence-electron chi connectivity index (χ4n) is 2.02. The first-order valence-corrected chi connectivity index (χ1v) is 5.49. The van der Waals surface area contributed by atoms with Gasteiger partial charge in [-0.1, -0.05) is 0 Å². The van der Waals surface area contributed by atoms with Gasteiger partial charge in [0.2, 0.25) is 5.95 Å². The van der Waals surface area contributed by atoms with E-state index in [-0.39, 0.29) is 54.5 Å². The van der Waals surface area contributed by atoms with E-state index in [0.717, 1.165) is 0 Å². The molecule has 1 aromatic rings. The molecule has 0 bridgehead atoms. The fourth-order valence-corrected chi connectivity index (χ4v) is 2.02. The van der Waals surface area contributed by atoms with Gasteiger partial charge in [-0.25, -0.2) is 0 Å². The van der Waals surface area contributed by atoms with E-state index in [4.69, 9.17) is 10.8 Å². The van der Waals surface area contributed by atoms with Crippen molar-refractivity contribution in [3.05, 3.63) is 10.4 Å². The van der Waals surface area contributed by atoms with E-state index in [1.165, 1.54) is 0 Å². The number of rotatable bonds is 2. The number of nitrogens with two attached hydrogens (primary N) is 1. The van der Waals surface area contributed by atoms with E-state index < -0.39 is 0 Å². The Bertz CT molecular complexity index is 491. The second-order valence-corrected chi connectivity index (χ2v) is 4.73. The van der Waals surface area contributed by atoms with Gasteiger partial charge in [0.05, 0.1) is 11.6 Å². The number of aliphatic hydroxyl groups excluding tert-OH is 1. The van der Waals surface area contributed by atoms with Crippen LogP contribution in [0, 0.1) is 0 Å². The molecule has 0 spiro atoms. The van der Waals surface area contributed by atoms with Crippen molar-refractivity contribution in [2.75, 3.05) is 23.0 Å². The first-order valence-electron chi connectivity index (χ1n) is 5.49. The molecule has 1 aliphatic heterocycles. The van der Waals surface area contributed by atoms with Crippen molar-refractivity contribution in [2.45, 2.75) is 31.8 Å². The van der Waals surface area contributed by atoms with E-state index in [1.54, 1.807) is 0 Å². The van der Waals surface area contributed by atoms with Crippen LogP contribution in [0.5, 0.6) is 0 Å². The van der Waals surface area contributed by atoms with Crippen LogP contribution >= 0.6 is 24.8 Å². The average Bonchev–Trinajstić information content (AvgIpc) is 2.19. The summed E-state index contributed by atoms with van der Waals surface area (Å²) in [6.45, 7) is 4.00. The first-order chi connectivity index (χ1) is 7.94. The van der Waals surface area contributed by atoms with Gasteiger partial charge in [-0.05, 0) is 20.3 Å². The summed E-state index contributed by atoms with van der Waals surface area (Å²) in [6, 6.07) is -0.0495. The lowest BCUT2D eigenvalue weighted by molar-refractivity contribution is 0.261. The molecule has 6 N–H and O–H groups in total. The lowest BCUT2D eigenvalue weighted by Crippen LogP contribution is -2.53. The summed E-state index contributed by atoms with van der Waals surface area (Å²) < 4.78 is 0. The zero-order chi connectivity index (χ0) is 12.6. The van der Waals surface area contributed by atoms with Crippen LogP contribution < -0.4 is 21.9 Å². The number of aromatic nitrogens is 2. The van der Waals surface area contributed by atoms with Crippen molar-refractivity contribution in [1.82, 2.24) is 9.97 Å². The number of nitrogen functional groups attached to an aromatic ring is 1. The summed E-state index contributed by atoms with van der Waals surface area (Å²) in [5, 5.41) is 15.3. The Morgan fingerprint density at radius 1 is 1.42 bits per heavy atom. The van der Waals surface area contributed by atoms with Crippen LogP contribution in [-0.2, 0) is 0 Å². The van der Waals surface area contributed by atoms with Gasteiger partial charge in [0.15, 0.2) is 5.82 Å². The van der Waals surface area contributed by atoms with E-state index in [0.29, 0.717) is 17.9 Å². The molecule has 0 fully saturated rings. The van der Waals surface area contributed by atoms with Crippen LogP contribution in [0.2, 0.25) is 0 Å². The van der Waals surface area contributed by atoms with Gasteiger partial charge in [0.25, 0.3) is 5.56 Å². The molecular weight excluding hydrogens is 293 g/mol. The second kappa shape index (κ2) is 6.31. The highest BCUT2D eigenvalue weighted by atomic mass is 35.5. The zero-order valence-corrected chi connectivity index (χ0v) is 12.3. The van der Waals surface area contributed by atoms with Gasteiger partial charge >= 0.3 is 0 Å². The highest BCUT2D eigenvalue weighted by molar-refractivity contribution is 5.85. The minimum Gasteiger partial charge on any atom is -0.396 e. The Balaban J connectivity index is 0.00000162. The van der Waals surface area contributed by atoms with E-state index in [1.807, 2.05) is 13.8 Å². The minimum atomic E-state index is -0.317. The number of fused-ring (bicyclic) bond motifs is 1. The largest absolute Gasteiger partial charge is 0.396 e. The first kappa shape index (κ1) is 17.8. The molecule has 7 nitrogen and oxygen atoms in total. The van der Waals surface area contributed by atoms with Gasteiger partial charge in [-0.15, -0.1) is 24.8 Å². The average molecular weight is 312 g/mol. The molecule has 0 amide bonds. The molecule has 1 aliphatic rings. The number of nitrogens with zero attached hydrogens (tertiary/aromatic N) is 1. The standard InChI is InChI=1S/C10H17N5O2.2ClH/c1-10(2)5(3-4-16)12-6-7(15-10)13-9(11)14-8(6)17;;/h5,12,16H,3-4H2,1-2H3,(H4,11,13,14,15,17);2*1H. The summed E-state index contributed by atoms with van der Waals surface area (Å²) >= 11 is 0. The Labute approximate surface area is 123 Å². The molecule has 1 unspecified atom stereocenters. The molecule has 19 heavy (non-hydrogen) atoms.